The Balaban J connectivity index is 0.00000121. The molecule has 68 valence electrons. The van der Waals surface area contributed by atoms with Gasteiger partial charge in [0.2, 0.25) is 0 Å². The molecule has 0 aliphatic rings. The van der Waals surface area contributed by atoms with Crippen LogP contribution in [0.15, 0.2) is 24.3 Å². The third-order valence-electron chi connectivity index (χ3n) is 1.60. The molecule has 0 fully saturated rings. The first-order chi connectivity index (χ1) is 5.24. The standard InChI is InChI=1S/C9H12O2.H2S/c1-7-3-2-4-8(5-7)9(11)6-10;/h2-5,9-11H,6H2,1H3;1H2/t9-;/m1./s1. The minimum absolute atomic E-state index is 0. The molecule has 3 heteroatoms. The molecule has 0 radical (unpaired) electrons. The quantitative estimate of drug-likeness (QED) is 0.727. The fraction of sp³-hybridized carbons (Fsp3) is 0.333. The molecule has 0 amide bonds. The van der Waals surface area contributed by atoms with E-state index in [9.17, 15) is 5.11 Å². The molecule has 0 aromatic heterocycles. The van der Waals surface area contributed by atoms with Crippen LogP contribution in [0.5, 0.6) is 0 Å². The molecule has 0 aliphatic heterocycles. The van der Waals surface area contributed by atoms with Gasteiger partial charge in [-0.2, -0.15) is 13.5 Å². The van der Waals surface area contributed by atoms with Gasteiger partial charge in [0.1, 0.15) is 6.10 Å². The second-order valence-electron chi connectivity index (χ2n) is 2.61. The van der Waals surface area contributed by atoms with Crippen LogP contribution in [-0.2, 0) is 0 Å². The van der Waals surface area contributed by atoms with E-state index < -0.39 is 6.10 Å². The topological polar surface area (TPSA) is 40.5 Å². The highest BCUT2D eigenvalue weighted by Crippen LogP contribution is 2.12. The second-order valence-corrected chi connectivity index (χ2v) is 2.61. The maximum atomic E-state index is 9.20. The second kappa shape index (κ2) is 5.19. The zero-order valence-corrected chi connectivity index (χ0v) is 7.99. The molecule has 2 N–H and O–H groups in total. The van der Waals surface area contributed by atoms with Crippen LogP contribution in [0.1, 0.15) is 17.2 Å². The molecular formula is C9H14O2S. The zero-order valence-electron chi connectivity index (χ0n) is 6.99. The highest BCUT2D eigenvalue weighted by Gasteiger charge is 2.03. The number of benzene rings is 1. The summed E-state index contributed by atoms with van der Waals surface area (Å²) in [4.78, 5) is 0. The van der Waals surface area contributed by atoms with Gasteiger partial charge in [0.05, 0.1) is 6.61 Å². The average Bonchev–Trinajstić information content (AvgIpc) is 2.03. The fourth-order valence-corrected chi connectivity index (χ4v) is 0.983. The number of aryl methyl sites for hydroxylation is 1. The number of hydrogen-bond acceptors (Lipinski definition) is 2. The van der Waals surface area contributed by atoms with Crippen molar-refractivity contribution in [3.05, 3.63) is 35.4 Å². The number of rotatable bonds is 2. The molecule has 1 atom stereocenters. The Morgan fingerprint density at radius 1 is 1.42 bits per heavy atom. The minimum atomic E-state index is -0.741. The summed E-state index contributed by atoms with van der Waals surface area (Å²) in [6, 6.07) is 7.48. The summed E-state index contributed by atoms with van der Waals surface area (Å²) in [6.07, 6.45) is -0.741. The lowest BCUT2D eigenvalue weighted by molar-refractivity contribution is 0.0956. The van der Waals surface area contributed by atoms with Crippen molar-refractivity contribution in [2.24, 2.45) is 0 Å². The summed E-state index contributed by atoms with van der Waals surface area (Å²) >= 11 is 0. The predicted octanol–water partition coefficient (Wildman–Crippen LogP) is 1.13. The van der Waals surface area contributed by atoms with Crippen molar-refractivity contribution in [2.45, 2.75) is 13.0 Å². The fourth-order valence-electron chi connectivity index (χ4n) is 0.983. The van der Waals surface area contributed by atoms with E-state index in [0.717, 1.165) is 11.1 Å². The van der Waals surface area contributed by atoms with Crippen molar-refractivity contribution in [2.75, 3.05) is 6.61 Å². The summed E-state index contributed by atoms with van der Waals surface area (Å²) in [5.41, 5.74) is 1.86. The van der Waals surface area contributed by atoms with E-state index in [2.05, 4.69) is 0 Å². The molecule has 2 nitrogen and oxygen atoms in total. The highest BCUT2D eigenvalue weighted by atomic mass is 32.1. The largest absolute Gasteiger partial charge is 0.393 e. The minimum Gasteiger partial charge on any atom is -0.393 e. The van der Waals surface area contributed by atoms with E-state index in [1.54, 1.807) is 6.07 Å². The lowest BCUT2D eigenvalue weighted by Gasteiger charge is -2.06. The van der Waals surface area contributed by atoms with Gasteiger partial charge < -0.3 is 10.2 Å². The molecule has 0 saturated heterocycles. The van der Waals surface area contributed by atoms with E-state index in [-0.39, 0.29) is 20.1 Å². The van der Waals surface area contributed by atoms with Gasteiger partial charge in [-0.25, -0.2) is 0 Å². The molecule has 12 heavy (non-hydrogen) atoms. The normalized spacial score (nSPS) is 11.9. The van der Waals surface area contributed by atoms with Crippen LogP contribution in [-0.4, -0.2) is 16.8 Å². The Labute approximate surface area is 79.3 Å². The molecule has 1 rings (SSSR count). The van der Waals surface area contributed by atoms with Crippen molar-refractivity contribution < 1.29 is 10.2 Å². The van der Waals surface area contributed by atoms with E-state index in [4.69, 9.17) is 5.11 Å². The lowest BCUT2D eigenvalue weighted by atomic mass is 10.1. The van der Waals surface area contributed by atoms with Crippen molar-refractivity contribution in [1.29, 1.82) is 0 Å². The van der Waals surface area contributed by atoms with E-state index in [1.165, 1.54) is 0 Å². The maximum Gasteiger partial charge on any atom is 0.102 e. The van der Waals surface area contributed by atoms with Crippen LogP contribution in [0.2, 0.25) is 0 Å². The summed E-state index contributed by atoms with van der Waals surface area (Å²) < 4.78 is 0. The van der Waals surface area contributed by atoms with Gasteiger partial charge in [0, 0.05) is 0 Å². The average molecular weight is 186 g/mol. The Morgan fingerprint density at radius 3 is 2.58 bits per heavy atom. The summed E-state index contributed by atoms with van der Waals surface area (Å²) in [5, 5.41) is 17.8. The summed E-state index contributed by atoms with van der Waals surface area (Å²) in [6.45, 7) is 1.73. The Hall–Kier alpha value is -0.510. The number of aliphatic hydroxyl groups excluding tert-OH is 2. The maximum absolute atomic E-state index is 9.20. The Morgan fingerprint density at radius 2 is 2.08 bits per heavy atom. The predicted molar refractivity (Wildman–Crippen MR) is 53.6 cm³/mol. The van der Waals surface area contributed by atoms with Gasteiger partial charge in [-0.3, -0.25) is 0 Å². The van der Waals surface area contributed by atoms with Crippen LogP contribution in [0.3, 0.4) is 0 Å². The molecule has 0 spiro atoms. The molecule has 0 saturated carbocycles. The van der Waals surface area contributed by atoms with Gasteiger partial charge in [-0.15, -0.1) is 0 Å². The molecular weight excluding hydrogens is 172 g/mol. The van der Waals surface area contributed by atoms with Gasteiger partial charge in [-0.05, 0) is 12.5 Å². The van der Waals surface area contributed by atoms with Crippen LogP contribution in [0, 0.1) is 6.92 Å². The summed E-state index contributed by atoms with van der Waals surface area (Å²) in [5.74, 6) is 0. The van der Waals surface area contributed by atoms with Gasteiger partial charge in [0.25, 0.3) is 0 Å². The summed E-state index contributed by atoms with van der Waals surface area (Å²) in [7, 11) is 0. The lowest BCUT2D eigenvalue weighted by Crippen LogP contribution is -2.01. The smallest absolute Gasteiger partial charge is 0.102 e. The molecule has 0 aliphatic carbocycles. The highest BCUT2D eigenvalue weighted by molar-refractivity contribution is 7.59. The molecule has 1 aromatic carbocycles. The van der Waals surface area contributed by atoms with Crippen molar-refractivity contribution in [3.8, 4) is 0 Å². The zero-order chi connectivity index (χ0) is 8.27. The Bertz CT molecular complexity index is 238. The first-order valence-corrected chi connectivity index (χ1v) is 3.59. The third-order valence-corrected chi connectivity index (χ3v) is 1.60. The Kier molecular flexibility index (Phi) is 4.97. The number of hydrogen-bond donors (Lipinski definition) is 2. The molecule has 0 bridgehead atoms. The van der Waals surface area contributed by atoms with E-state index >= 15 is 0 Å². The van der Waals surface area contributed by atoms with Gasteiger partial charge in [-0.1, -0.05) is 29.8 Å². The molecule has 1 aromatic rings. The first-order valence-electron chi connectivity index (χ1n) is 3.59. The van der Waals surface area contributed by atoms with Crippen LogP contribution in [0.4, 0.5) is 0 Å². The van der Waals surface area contributed by atoms with Crippen LogP contribution >= 0.6 is 13.5 Å². The van der Waals surface area contributed by atoms with Crippen molar-refractivity contribution in [1.82, 2.24) is 0 Å². The first kappa shape index (κ1) is 11.5. The molecule has 0 unspecified atom stereocenters. The van der Waals surface area contributed by atoms with Gasteiger partial charge in [0.15, 0.2) is 0 Å². The number of aliphatic hydroxyl groups is 2. The van der Waals surface area contributed by atoms with Crippen molar-refractivity contribution >= 4 is 13.5 Å². The third kappa shape index (κ3) is 2.85. The van der Waals surface area contributed by atoms with Gasteiger partial charge >= 0.3 is 0 Å². The molecule has 0 heterocycles. The SMILES string of the molecule is Cc1cccc([C@H](O)CO)c1.S. The monoisotopic (exact) mass is 186 g/mol. The van der Waals surface area contributed by atoms with Crippen molar-refractivity contribution in [3.63, 3.8) is 0 Å². The van der Waals surface area contributed by atoms with Crippen LogP contribution < -0.4 is 0 Å². The van der Waals surface area contributed by atoms with E-state index in [1.807, 2.05) is 25.1 Å². The van der Waals surface area contributed by atoms with E-state index in [0.29, 0.717) is 0 Å². The van der Waals surface area contributed by atoms with Crippen LogP contribution in [0.25, 0.3) is 0 Å².